The fourth-order valence-electron chi connectivity index (χ4n) is 3.96. The van der Waals surface area contributed by atoms with E-state index in [-0.39, 0.29) is 0 Å². The molecule has 0 aromatic rings. The van der Waals surface area contributed by atoms with E-state index in [1.165, 1.54) is 57.8 Å². The maximum Gasteiger partial charge on any atom is 0.0102 e. The molecule has 0 aromatic heterocycles. The maximum atomic E-state index is 2.93. The summed E-state index contributed by atoms with van der Waals surface area (Å²) >= 11 is 0. The topological polar surface area (TPSA) is 3.24 Å². The molecule has 0 N–H and O–H groups in total. The molecule has 2 heterocycles. The summed E-state index contributed by atoms with van der Waals surface area (Å²) in [5.41, 5.74) is 0. The van der Waals surface area contributed by atoms with Crippen LogP contribution in [0.4, 0.5) is 0 Å². The number of nitrogens with zero attached hydrogens (tertiary/aromatic N) is 1. The van der Waals surface area contributed by atoms with Gasteiger partial charge in [-0.05, 0) is 57.8 Å². The summed E-state index contributed by atoms with van der Waals surface area (Å²) in [5.74, 6) is 0. The zero-order valence-corrected chi connectivity index (χ0v) is 9.12. The average molecular weight is 192 g/mol. The lowest BCUT2D eigenvalue weighted by Gasteiger charge is -2.42. The van der Waals surface area contributed by atoms with Crippen molar-refractivity contribution in [2.24, 2.45) is 0 Å². The van der Waals surface area contributed by atoms with E-state index in [2.05, 4.69) is 11.3 Å². The highest BCUT2D eigenvalue weighted by Crippen LogP contribution is 2.39. The van der Waals surface area contributed by atoms with Crippen LogP contribution in [0.5, 0.6) is 0 Å². The molecule has 2 unspecified atom stereocenters. The smallest absolute Gasteiger partial charge is 0.0102 e. The standard InChI is InChI=1S/C13H22N/c1-2-5-11(6-3-1)14-12-7-4-8-13(14)10-9-12/h1,11-13H,2-10H2. The van der Waals surface area contributed by atoms with Crippen LogP contribution in [-0.4, -0.2) is 23.0 Å². The summed E-state index contributed by atoms with van der Waals surface area (Å²) in [4.78, 5) is 2.93. The third kappa shape index (κ3) is 1.50. The molecule has 1 heteroatoms. The third-order valence-corrected chi connectivity index (χ3v) is 4.58. The van der Waals surface area contributed by atoms with Gasteiger partial charge >= 0.3 is 0 Å². The van der Waals surface area contributed by atoms with Crippen LogP contribution < -0.4 is 0 Å². The lowest BCUT2D eigenvalue weighted by Crippen LogP contribution is -2.47. The van der Waals surface area contributed by atoms with Crippen molar-refractivity contribution in [1.29, 1.82) is 0 Å². The molecule has 1 radical (unpaired) electrons. The van der Waals surface area contributed by atoms with Gasteiger partial charge in [-0.3, -0.25) is 4.90 Å². The van der Waals surface area contributed by atoms with E-state index < -0.39 is 0 Å². The van der Waals surface area contributed by atoms with Crippen LogP contribution in [0.3, 0.4) is 0 Å². The van der Waals surface area contributed by atoms with E-state index in [9.17, 15) is 0 Å². The van der Waals surface area contributed by atoms with Crippen LogP contribution in [0.15, 0.2) is 0 Å². The molecule has 2 atom stereocenters. The molecule has 3 fully saturated rings. The van der Waals surface area contributed by atoms with Crippen LogP contribution in [0.1, 0.15) is 57.8 Å². The molecule has 3 rings (SSSR count). The van der Waals surface area contributed by atoms with Gasteiger partial charge in [0.05, 0.1) is 0 Å². The van der Waals surface area contributed by atoms with Crippen molar-refractivity contribution in [3.05, 3.63) is 6.42 Å². The molecule has 2 saturated heterocycles. The van der Waals surface area contributed by atoms with Gasteiger partial charge in [0, 0.05) is 18.1 Å². The van der Waals surface area contributed by atoms with Gasteiger partial charge in [-0.1, -0.05) is 6.42 Å². The molecule has 2 aliphatic heterocycles. The maximum absolute atomic E-state index is 2.93. The summed E-state index contributed by atoms with van der Waals surface area (Å²) in [6.45, 7) is 0. The Morgan fingerprint density at radius 3 is 1.93 bits per heavy atom. The van der Waals surface area contributed by atoms with Crippen molar-refractivity contribution in [2.75, 3.05) is 0 Å². The van der Waals surface area contributed by atoms with Crippen LogP contribution in [0.25, 0.3) is 0 Å². The minimum Gasteiger partial charge on any atom is -0.294 e. The van der Waals surface area contributed by atoms with E-state index >= 15 is 0 Å². The molecule has 1 saturated carbocycles. The first-order valence-electron chi connectivity index (χ1n) is 6.54. The highest BCUT2D eigenvalue weighted by Gasteiger charge is 2.40. The molecule has 1 aliphatic carbocycles. The number of piperidine rings is 1. The van der Waals surface area contributed by atoms with Crippen molar-refractivity contribution in [3.8, 4) is 0 Å². The van der Waals surface area contributed by atoms with Gasteiger partial charge < -0.3 is 0 Å². The first-order chi connectivity index (χ1) is 6.95. The van der Waals surface area contributed by atoms with Gasteiger partial charge in [-0.25, -0.2) is 0 Å². The summed E-state index contributed by atoms with van der Waals surface area (Å²) in [6.07, 6.45) is 15.7. The zero-order chi connectivity index (χ0) is 9.38. The second-order valence-electron chi connectivity index (χ2n) is 5.36. The van der Waals surface area contributed by atoms with Crippen molar-refractivity contribution in [2.45, 2.75) is 75.9 Å². The van der Waals surface area contributed by atoms with E-state index in [1.54, 1.807) is 0 Å². The first kappa shape index (κ1) is 9.21. The Balaban J connectivity index is 1.70. The molecule has 0 amide bonds. The summed E-state index contributed by atoms with van der Waals surface area (Å²) in [5, 5.41) is 0. The molecule has 14 heavy (non-hydrogen) atoms. The van der Waals surface area contributed by atoms with Gasteiger partial charge in [-0.15, -0.1) is 0 Å². The van der Waals surface area contributed by atoms with Crippen LogP contribution in [0.2, 0.25) is 0 Å². The Bertz CT molecular complexity index is 179. The largest absolute Gasteiger partial charge is 0.294 e. The molecular formula is C13H22N. The molecule has 79 valence electrons. The SMILES string of the molecule is [CH]1CCC(N2C3CCCC2CC3)CC1. The second-order valence-corrected chi connectivity index (χ2v) is 5.36. The highest BCUT2D eigenvalue weighted by atomic mass is 15.2. The predicted octanol–water partition coefficient (Wildman–Crippen LogP) is 3.15. The number of hydrogen-bond donors (Lipinski definition) is 0. The Kier molecular flexibility index (Phi) is 2.53. The molecular weight excluding hydrogens is 170 g/mol. The fraction of sp³-hybridized carbons (Fsp3) is 0.923. The molecule has 3 aliphatic rings. The van der Waals surface area contributed by atoms with E-state index in [0.29, 0.717) is 0 Å². The second kappa shape index (κ2) is 3.84. The van der Waals surface area contributed by atoms with Crippen LogP contribution in [-0.2, 0) is 0 Å². The van der Waals surface area contributed by atoms with Gasteiger partial charge in [0.15, 0.2) is 0 Å². The molecule has 0 aromatic carbocycles. The number of fused-ring (bicyclic) bond motifs is 2. The Hall–Kier alpha value is -0.0400. The van der Waals surface area contributed by atoms with Gasteiger partial charge in [0.1, 0.15) is 0 Å². The fourth-order valence-corrected chi connectivity index (χ4v) is 3.96. The van der Waals surface area contributed by atoms with Gasteiger partial charge in [0.25, 0.3) is 0 Å². The van der Waals surface area contributed by atoms with Crippen molar-refractivity contribution >= 4 is 0 Å². The van der Waals surface area contributed by atoms with Gasteiger partial charge in [-0.2, -0.15) is 0 Å². The monoisotopic (exact) mass is 192 g/mol. The summed E-state index contributed by atoms with van der Waals surface area (Å²) < 4.78 is 0. The first-order valence-corrected chi connectivity index (χ1v) is 6.54. The van der Waals surface area contributed by atoms with E-state index in [1.807, 2.05) is 0 Å². The van der Waals surface area contributed by atoms with E-state index in [0.717, 1.165) is 18.1 Å². The average Bonchev–Trinajstić information content (AvgIpc) is 2.50. The molecule has 2 bridgehead atoms. The third-order valence-electron chi connectivity index (χ3n) is 4.58. The molecule has 0 spiro atoms. The lowest BCUT2D eigenvalue weighted by atomic mass is 9.90. The lowest BCUT2D eigenvalue weighted by molar-refractivity contribution is 0.0710. The minimum atomic E-state index is 0.956. The minimum absolute atomic E-state index is 0.956. The summed E-state index contributed by atoms with van der Waals surface area (Å²) in [7, 11) is 0. The molecule has 1 nitrogen and oxygen atoms in total. The Morgan fingerprint density at radius 1 is 0.714 bits per heavy atom. The predicted molar refractivity (Wildman–Crippen MR) is 59.1 cm³/mol. The Labute approximate surface area is 87.9 Å². The Morgan fingerprint density at radius 2 is 1.29 bits per heavy atom. The zero-order valence-electron chi connectivity index (χ0n) is 9.12. The van der Waals surface area contributed by atoms with Crippen molar-refractivity contribution < 1.29 is 0 Å². The van der Waals surface area contributed by atoms with Crippen molar-refractivity contribution in [3.63, 3.8) is 0 Å². The van der Waals surface area contributed by atoms with E-state index in [4.69, 9.17) is 0 Å². The highest BCUT2D eigenvalue weighted by molar-refractivity contribution is 4.97. The van der Waals surface area contributed by atoms with Crippen molar-refractivity contribution in [1.82, 2.24) is 4.90 Å². The number of hydrogen-bond acceptors (Lipinski definition) is 1. The normalized spacial score (nSPS) is 40.3. The van der Waals surface area contributed by atoms with Crippen LogP contribution >= 0.6 is 0 Å². The summed E-state index contributed by atoms with van der Waals surface area (Å²) in [6, 6.07) is 2.92. The quantitative estimate of drug-likeness (QED) is 0.617. The van der Waals surface area contributed by atoms with Crippen LogP contribution in [0, 0.1) is 6.42 Å². The van der Waals surface area contributed by atoms with Gasteiger partial charge in [0.2, 0.25) is 0 Å². The number of rotatable bonds is 1.